The zero-order valence-electron chi connectivity index (χ0n) is 10.9. The van der Waals surface area contributed by atoms with Crippen LogP contribution in [0.4, 0.5) is 0 Å². The van der Waals surface area contributed by atoms with E-state index in [0.717, 1.165) is 0 Å². The van der Waals surface area contributed by atoms with Crippen molar-refractivity contribution in [1.29, 1.82) is 0 Å². The van der Waals surface area contributed by atoms with Gasteiger partial charge >= 0.3 is 5.97 Å². The third-order valence-electron chi connectivity index (χ3n) is 2.44. The minimum Gasteiger partial charge on any atom is -0.480 e. The molecule has 0 aliphatic heterocycles. The molecule has 19 heavy (non-hydrogen) atoms. The fraction of sp³-hybridized carbons (Fsp3) is 0.727. The predicted molar refractivity (Wildman–Crippen MR) is 73.9 cm³/mol. The summed E-state index contributed by atoms with van der Waals surface area (Å²) in [4.78, 5) is 33.7. The van der Waals surface area contributed by atoms with E-state index in [-0.39, 0.29) is 11.7 Å². The van der Waals surface area contributed by atoms with Gasteiger partial charge in [-0.2, -0.15) is 12.6 Å². The molecular formula is C11H21N3O4S. The van der Waals surface area contributed by atoms with Gasteiger partial charge in [-0.3, -0.25) is 9.59 Å². The summed E-state index contributed by atoms with van der Waals surface area (Å²) in [6, 6.07) is -1.81. The molecule has 2 amide bonds. The molecule has 0 aromatic carbocycles. The molecule has 0 radical (unpaired) electrons. The Morgan fingerprint density at radius 1 is 1.21 bits per heavy atom. The van der Waals surface area contributed by atoms with E-state index in [4.69, 9.17) is 10.8 Å². The van der Waals surface area contributed by atoms with E-state index in [2.05, 4.69) is 23.3 Å². The number of unbranched alkanes of at least 4 members (excludes halogenated alkanes) is 1. The molecule has 0 unspecified atom stereocenters. The van der Waals surface area contributed by atoms with E-state index < -0.39 is 24.0 Å². The second kappa shape index (κ2) is 9.62. The summed E-state index contributed by atoms with van der Waals surface area (Å²) in [7, 11) is 0. The van der Waals surface area contributed by atoms with E-state index in [1.165, 1.54) is 6.92 Å². The topological polar surface area (TPSA) is 122 Å². The summed E-state index contributed by atoms with van der Waals surface area (Å²) in [5.74, 6) is -1.93. The Labute approximate surface area is 117 Å². The average molecular weight is 291 g/mol. The van der Waals surface area contributed by atoms with E-state index >= 15 is 0 Å². The average Bonchev–Trinajstić information content (AvgIpc) is 2.34. The fourth-order valence-corrected chi connectivity index (χ4v) is 1.72. The number of amides is 2. The van der Waals surface area contributed by atoms with Gasteiger partial charge in [0.15, 0.2) is 0 Å². The standard InChI is InChI=1S/C11H21N3O4S/c1-7(15)13-9(6-19)10(16)14-8(11(17)18)4-2-3-5-12/h8-9,19H,2-6,12H2,1H3,(H,13,15)(H,14,16)(H,17,18)/t8-,9-/m0/s1. The molecule has 0 heterocycles. The first kappa shape index (κ1) is 17.7. The molecule has 110 valence electrons. The summed E-state index contributed by atoms with van der Waals surface area (Å²) < 4.78 is 0. The van der Waals surface area contributed by atoms with Crippen molar-refractivity contribution < 1.29 is 19.5 Å². The van der Waals surface area contributed by atoms with E-state index in [9.17, 15) is 14.4 Å². The highest BCUT2D eigenvalue weighted by Gasteiger charge is 2.24. The number of thiol groups is 1. The van der Waals surface area contributed by atoms with Crippen LogP contribution in [0.25, 0.3) is 0 Å². The number of carboxylic acids is 1. The van der Waals surface area contributed by atoms with Gasteiger partial charge in [-0.05, 0) is 25.8 Å². The number of hydrogen-bond acceptors (Lipinski definition) is 5. The summed E-state index contributed by atoms with van der Waals surface area (Å²) in [5, 5.41) is 13.8. The highest BCUT2D eigenvalue weighted by Crippen LogP contribution is 2.02. The van der Waals surface area contributed by atoms with Crippen molar-refractivity contribution in [1.82, 2.24) is 10.6 Å². The van der Waals surface area contributed by atoms with Gasteiger partial charge in [0.1, 0.15) is 12.1 Å². The number of carboxylic acid groups (broad SMARTS) is 1. The molecule has 0 aromatic heterocycles. The predicted octanol–water partition coefficient (Wildman–Crippen LogP) is -0.881. The Morgan fingerprint density at radius 2 is 1.84 bits per heavy atom. The Bertz CT molecular complexity index is 325. The van der Waals surface area contributed by atoms with Gasteiger partial charge in [0.05, 0.1) is 0 Å². The molecule has 0 spiro atoms. The summed E-state index contributed by atoms with van der Waals surface area (Å²) in [6.07, 6.45) is 1.61. The monoisotopic (exact) mass is 291 g/mol. The minimum absolute atomic E-state index is 0.0978. The van der Waals surface area contributed by atoms with Crippen molar-refractivity contribution in [3.63, 3.8) is 0 Å². The molecule has 7 nitrogen and oxygen atoms in total. The van der Waals surface area contributed by atoms with Gasteiger partial charge in [0.25, 0.3) is 0 Å². The van der Waals surface area contributed by atoms with Gasteiger partial charge in [0.2, 0.25) is 11.8 Å². The molecule has 0 bridgehead atoms. The molecule has 0 aromatic rings. The fourth-order valence-electron chi connectivity index (χ4n) is 1.46. The second-order valence-electron chi connectivity index (χ2n) is 4.12. The van der Waals surface area contributed by atoms with Gasteiger partial charge < -0.3 is 21.5 Å². The maximum absolute atomic E-state index is 11.8. The smallest absolute Gasteiger partial charge is 0.326 e. The van der Waals surface area contributed by atoms with E-state index in [0.29, 0.717) is 25.8 Å². The van der Waals surface area contributed by atoms with Crippen molar-refractivity contribution in [3.05, 3.63) is 0 Å². The van der Waals surface area contributed by atoms with Crippen LogP contribution in [-0.4, -0.2) is 47.3 Å². The molecule has 0 aliphatic carbocycles. The molecule has 5 N–H and O–H groups in total. The quantitative estimate of drug-likeness (QED) is 0.279. The van der Waals surface area contributed by atoms with Crippen LogP contribution in [0.5, 0.6) is 0 Å². The molecule has 0 saturated carbocycles. The van der Waals surface area contributed by atoms with Crippen LogP contribution >= 0.6 is 12.6 Å². The minimum atomic E-state index is -1.11. The number of hydrogen-bond donors (Lipinski definition) is 5. The van der Waals surface area contributed by atoms with Crippen LogP contribution in [0, 0.1) is 0 Å². The maximum Gasteiger partial charge on any atom is 0.326 e. The molecule has 8 heteroatoms. The van der Waals surface area contributed by atoms with E-state index in [1.54, 1.807) is 0 Å². The highest BCUT2D eigenvalue weighted by atomic mass is 32.1. The summed E-state index contributed by atoms with van der Waals surface area (Å²) in [5.41, 5.74) is 5.32. The summed E-state index contributed by atoms with van der Waals surface area (Å²) in [6.45, 7) is 1.76. The molecular weight excluding hydrogens is 270 g/mol. The summed E-state index contributed by atoms with van der Waals surface area (Å²) >= 11 is 3.95. The Kier molecular flexibility index (Phi) is 8.98. The van der Waals surface area contributed by atoms with E-state index in [1.807, 2.05) is 0 Å². The van der Waals surface area contributed by atoms with Crippen molar-refractivity contribution in [2.45, 2.75) is 38.3 Å². The lowest BCUT2D eigenvalue weighted by Gasteiger charge is -2.19. The van der Waals surface area contributed by atoms with Crippen LogP contribution in [0.3, 0.4) is 0 Å². The van der Waals surface area contributed by atoms with Gasteiger partial charge in [-0.25, -0.2) is 4.79 Å². The van der Waals surface area contributed by atoms with Crippen LogP contribution < -0.4 is 16.4 Å². The Hall–Kier alpha value is -1.28. The third kappa shape index (κ3) is 7.68. The van der Waals surface area contributed by atoms with Gasteiger partial charge in [-0.1, -0.05) is 0 Å². The number of carbonyl (C=O) groups is 3. The highest BCUT2D eigenvalue weighted by molar-refractivity contribution is 7.80. The lowest BCUT2D eigenvalue weighted by molar-refractivity contribution is -0.142. The molecule has 0 rings (SSSR count). The van der Waals surface area contributed by atoms with Crippen LogP contribution in [0.2, 0.25) is 0 Å². The van der Waals surface area contributed by atoms with Crippen LogP contribution in [0.1, 0.15) is 26.2 Å². The number of rotatable bonds is 9. The first-order valence-corrected chi connectivity index (χ1v) is 6.66. The van der Waals surface area contributed by atoms with Crippen molar-refractivity contribution in [2.75, 3.05) is 12.3 Å². The lowest BCUT2D eigenvalue weighted by atomic mass is 10.1. The van der Waals surface area contributed by atoms with Gasteiger partial charge in [0, 0.05) is 12.7 Å². The number of nitrogens with two attached hydrogens (primary N) is 1. The number of aliphatic carboxylic acids is 1. The van der Waals surface area contributed by atoms with Gasteiger partial charge in [-0.15, -0.1) is 0 Å². The molecule has 2 atom stereocenters. The van der Waals surface area contributed by atoms with Crippen LogP contribution in [0.15, 0.2) is 0 Å². The van der Waals surface area contributed by atoms with Crippen LogP contribution in [-0.2, 0) is 14.4 Å². The first-order valence-electron chi connectivity index (χ1n) is 6.03. The normalized spacial score (nSPS) is 13.4. The zero-order valence-corrected chi connectivity index (χ0v) is 11.8. The maximum atomic E-state index is 11.8. The molecule has 0 fully saturated rings. The Morgan fingerprint density at radius 3 is 2.26 bits per heavy atom. The second-order valence-corrected chi connectivity index (χ2v) is 4.48. The third-order valence-corrected chi connectivity index (χ3v) is 2.80. The van der Waals surface area contributed by atoms with Crippen molar-refractivity contribution >= 4 is 30.4 Å². The number of carbonyl (C=O) groups excluding carboxylic acids is 2. The molecule has 0 saturated heterocycles. The largest absolute Gasteiger partial charge is 0.480 e. The lowest BCUT2D eigenvalue weighted by Crippen LogP contribution is -2.52. The molecule has 0 aliphatic rings. The van der Waals surface area contributed by atoms with Crippen molar-refractivity contribution in [3.8, 4) is 0 Å². The number of nitrogens with one attached hydrogen (secondary N) is 2. The Balaban J connectivity index is 4.43. The van der Waals surface area contributed by atoms with Crippen molar-refractivity contribution in [2.24, 2.45) is 5.73 Å². The SMILES string of the molecule is CC(=O)N[C@@H](CS)C(=O)N[C@@H](CCCCN)C(=O)O. The zero-order chi connectivity index (χ0) is 14.8. The first-order chi connectivity index (χ1) is 8.92.